The van der Waals surface area contributed by atoms with Crippen LogP contribution in [0.3, 0.4) is 0 Å². The Morgan fingerprint density at radius 3 is 2.58 bits per heavy atom. The minimum absolute atomic E-state index is 0.176. The van der Waals surface area contributed by atoms with E-state index >= 15 is 0 Å². The van der Waals surface area contributed by atoms with Crippen molar-refractivity contribution < 1.29 is 4.79 Å². The van der Waals surface area contributed by atoms with Crippen molar-refractivity contribution in [2.45, 2.75) is 19.0 Å². The van der Waals surface area contributed by atoms with Crippen molar-refractivity contribution in [3.05, 3.63) is 44.1 Å². The van der Waals surface area contributed by atoms with Crippen molar-refractivity contribution in [3.63, 3.8) is 0 Å². The largest absolute Gasteiger partial charge is 0.323 e. The molecule has 0 saturated carbocycles. The second kappa shape index (κ2) is 8.00. The number of carbonyl (C=O) groups excluding carboxylic acids is 1. The van der Waals surface area contributed by atoms with Crippen LogP contribution in [0.5, 0.6) is 0 Å². The fraction of sp³-hybridized carbons (Fsp3) is 0.235. The van der Waals surface area contributed by atoms with Gasteiger partial charge in [0.2, 0.25) is 5.91 Å². The standard InChI is InChI=1S/C17H16Cl2N4OS2/c1-9-10(2)25-7-11(9)16-21-22-17(23(16)3)26-8-14(24)20-15-12(18)5-4-6-13(15)19/h4-7H,8H2,1-3H3,(H,20,24). The van der Waals surface area contributed by atoms with E-state index in [-0.39, 0.29) is 11.7 Å². The van der Waals surface area contributed by atoms with Crippen molar-refractivity contribution in [2.75, 3.05) is 11.1 Å². The molecule has 136 valence electrons. The smallest absolute Gasteiger partial charge is 0.234 e. The van der Waals surface area contributed by atoms with Gasteiger partial charge >= 0.3 is 0 Å². The van der Waals surface area contributed by atoms with Crippen molar-refractivity contribution in [3.8, 4) is 11.4 Å². The Bertz CT molecular complexity index is 948. The topological polar surface area (TPSA) is 59.8 Å². The zero-order chi connectivity index (χ0) is 18.8. The monoisotopic (exact) mass is 426 g/mol. The van der Waals surface area contributed by atoms with Crippen LogP contribution < -0.4 is 5.32 Å². The lowest BCUT2D eigenvalue weighted by Gasteiger charge is -2.09. The number of hydrogen-bond acceptors (Lipinski definition) is 5. The number of nitrogens with zero attached hydrogens (tertiary/aromatic N) is 3. The lowest BCUT2D eigenvalue weighted by atomic mass is 10.2. The van der Waals surface area contributed by atoms with Crippen LogP contribution in [0, 0.1) is 13.8 Å². The highest BCUT2D eigenvalue weighted by Crippen LogP contribution is 2.32. The van der Waals surface area contributed by atoms with E-state index in [1.165, 1.54) is 22.2 Å². The summed E-state index contributed by atoms with van der Waals surface area (Å²) in [6.45, 7) is 4.16. The van der Waals surface area contributed by atoms with Crippen LogP contribution in [0.15, 0.2) is 28.7 Å². The molecule has 0 saturated heterocycles. The summed E-state index contributed by atoms with van der Waals surface area (Å²) in [6.07, 6.45) is 0. The van der Waals surface area contributed by atoms with Gasteiger partial charge in [0.05, 0.1) is 21.5 Å². The summed E-state index contributed by atoms with van der Waals surface area (Å²) < 4.78 is 1.90. The van der Waals surface area contributed by atoms with Crippen LogP contribution >= 0.6 is 46.3 Å². The zero-order valence-electron chi connectivity index (χ0n) is 14.3. The number of aryl methyl sites for hydroxylation is 1. The molecule has 1 amide bonds. The normalized spacial score (nSPS) is 11.0. The van der Waals surface area contributed by atoms with Gasteiger partial charge in [-0.15, -0.1) is 21.5 Å². The van der Waals surface area contributed by atoms with E-state index in [1.807, 2.05) is 11.6 Å². The molecular formula is C17H16Cl2N4OS2. The molecule has 0 bridgehead atoms. The minimum atomic E-state index is -0.211. The number of halogens is 2. The number of benzene rings is 1. The fourth-order valence-electron chi connectivity index (χ4n) is 2.33. The number of nitrogens with one attached hydrogen (secondary N) is 1. The third kappa shape index (κ3) is 3.91. The Balaban J connectivity index is 1.69. The number of thioether (sulfide) groups is 1. The van der Waals surface area contributed by atoms with E-state index < -0.39 is 0 Å². The highest BCUT2D eigenvalue weighted by Gasteiger charge is 2.17. The Labute approximate surface area is 169 Å². The quantitative estimate of drug-likeness (QED) is 0.569. The van der Waals surface area contributed by atoms with E-state index in [0.717, 1.165) is 11.4 Å². The van der Waals surface area contributed by atoms with Crippen LogP contribution in [0.2, 0.25) is 10.0 Å². The van der Waals surface area contributed by atoms with E-state index in [1.54, 1.807) is 29.5 Å². The molecule has 3 rings (SSSR count). The average molecular weight is 427 g/mol. The Morgan fingerprint density at radius 2 is 1.96 bits per heavy atom. The molecule has 0 fully saturated rings. The molecular weight excluding hydrogens is 411 g/mol. The number of para-hydroxylation sites is 1. The number of thiophene rings is 1. The lowest BCUT2D eigenvalue weighted by molar-refractivity contribution is -0.113. The van der Waals surface area contributed by atoms with Crippen LogP contribution in [-0.4, -0.2) is 26.4 Å². The third-order valence-electron chi connectivity index (χ3n) is 3.92. The van der Waals surface area contributed by atoms with Crippen LogP contribution in [0.4, 0.5) is 5.69 Å². The number of anilines is 1. The number of carbonyl (C=O) groups is 1. The molecule has 1 aromatic carbocycles. The summed E-state index contributed by atoms with van der Waals surface area (Å²) in [4.78, 5) is 13.5. The van der Waals surface area contributed by atoms with Gasteiger partial charge in [0.15, 0.2) is 11.0 Å². The van der Waals surface area contributed by atoms with Gasteiger partial charge in [0, 0.05) is 22.9 Å². The summed E-state index contributed by atoms with van der Waals surface area (Å²) >= 11 is 15.1. The first-order valence-electron chi connectivity index (χ1n) is 7.69. The van der Waals surface area contributed by atoms with E-state index in [0.29, 0.717) is 20.9 Å². The van der Waals surface area contributed by atoms with E-state index in [9.17, 15) is 4.79 Å². The second-order valence-corrected chi connectivity index (χ2v) is 8.47. The number of amides is 1. The molecule has 5 nitrogen and oxygen atoms in total. The molecule has 0 unspecified atom stereocenters. The van der Waals surface area contributed by atoms with Crippen molar-refractivity contribution in [1.29, 1.82) is 0 Å². The molecule has 2 aromatic heterocycles. The summed E-state index contributed by atoms with van der Waals surface area (Å²) in [5.74, 6) is 0.760. The summed E-state index contributed by atoms with van der Waals surface area (Å²) in [5.41, 5.74) is 2.69. The molecule has 0 spiro atoms. The summed E-state index contributed by atoms with van der Waals surface area (Å²) in [5, 5.41) is 14.8. The highest BCUT2D eigenvalue weighted by atomic mass is 35.5. The predicted molar refractivity (Wildman–Crippen MR) is 110 cm³/mol. The molecule has 0 aliphatic rings. The van der Waals surface area contributed by atoms with Crippen molar-refractivity contribution in [2.24, 2.45) is 7.05 Å². The Morgan fingerprint density at radius 1 is 1.27 bits per heavy atom. The van der Waals surface area contributed by atoms with Crippen LogP contribution in [0.25, 0.3) is 11.4 Å². The maximum absolute atomic E-state index is 12.2. The SMILES string of the molecule is Cc1scc(-c2nnc(SCC(=O)Nc3c(Cl)cccc3Cl)n2C)c1C. The lowest BCUT2D eigenvalue weighted by Crippen LogP contribution is -2.15. The average Bonchev–Trinajstić information content (AvgIpc) is 3.12. The molecule has 0 aliphatic heterocycles. The second-order valence-electron chi connectivity index (χ2n) is 5.63. The minimum Gasteiger partial charge on any atom is -0.323 e. The zero-order valence-corrected chi connectivity index (χ0v) is 17.5. The molecule has 0 aliphatic carbocycles. The van der Waals surface area contributed by atoms with Gasteiger partial charge in [-0.25, -0.2) is 0 Å². The fourth-order valence-corrected chi connectivity index (χ4v) is 4.40. The molecule has 26 heavy (non-hydrogen) atoms. The maximum Gasteiger partial charge on any atom is 0.234 e. The highest BCUT2D eigenvalue weighted by molar-refractivity contribution is 7.99. The van der Waals surface area contributed by atoms with Gasteiger partial charge in [-0.05, 0) is 31.5 Å². The first-order valence-corrected chi connectivity index (χ1v) is 10.3. The molecule has 3 aromatic rings. The van der Waals surface area contributed by atoms with Gasteiger partial charge in [-0.1, -0.05) is 41.0 Å². The first-order chi connectivity index (χ1) is 12.4. The molecule has 2 heterocycles. The Hall–Kier alpha value is -1.54. The van der Waals surface area contributed by atoms with Crippen molar-refractivity contribution >= 4 is 57.9 Å². The number of rotatable bonds is 5. The molecule has 0 atom stereocenters. The Kier molecular flexibility index (Phi) is 5.92. The maximum atomic E-state index is 12.2. The first kappa shape index (κ1) is 19.2. The van der Waals surface area contributed by atoms with Crippen molar-refractivity contribution in [1.82, 2.24) is 14.8 Å². The van der Waals surface area contributed by atoms with Gasteiger partial charge < -0.3 is 9.88 Å². The molecule has 0 radical (unpaired) electrons. The summed E-state index contributed by atoms with van der Waals surface area (Å²) in [7, 11) is 1.90. The van der Waals surface area contributed by atoms with Gasteiger partial charge in [0.25, 0.3) is 0 Å². The number of aromatic nitrogens is 3. The van der Waals surface area contributed by atoms with Gasteiger partial charge in [-0.3, -0.25) is 4.79 Å². The van der Waals surface area contributed by atoms with Gasteiger partial charge in [-0.2, -0.15) is 0 Å². The van der Waals surface area contributed by atoms with E-state index in [2.05, 4.69) is 34.7 Å². The van der Waals surface area contributed by atoms with Crippen LogP contribution in [0.1, 0.15) is 10.4 Å². The van der Waals surface area contributed by atoms with Gasteiger partial charge in [0.1, 0.15) is 0 Å². The van der Waals surface area contributed by atoms with E-state index in [4.69, 9.17) is 23.2 Å². The third-order valence-corrected chi connectivity index (χ3v) is 6.58. The summed E-state index contributed by atoms with van der Waals surface area (Å²) in [6, 6.07) is 5.08. The molecule has 9 heteroatoms. The number of hydrogen-bond donors (Lipinski definition) is 1. The van der Waals surface area contributed by atoms with Crippen LogP contribution in [-0.2, 0) is 11.8 Å². The predicted octanol–water partition coefficient (Wildman–Crippen LogP) is 5.20. The molecule has 1 N–H and O–H groups in total.